The third-order valence-electron chi connectivity index (χ3n) is 2.19. The zero-order valence-electron chi connectivity index (χ0n) is 10.9. The molecular formula is C13H18O5. The Morgan fingerprint density at radius 1 is 1.33 bits per heavy atom. The van der Waals surface area contributed by atoms with Gasteiger partial charge in [0.05, 0.1) is 12.8 Å². The van der Waals surface area contributed by atoms with E-state index in [0.717, 1.165) is 0 Å². The molecule has 100 valence electrons. The largest absolute Gasteiger partial charge is 0.481 e. The maximum Gasteiger partial charge on any atom is 0.308 e. The molecule has 0 atom stereocenters. The Morgan fingerprint density at radius 3 is 2.33 bits per heavy atom. The van der Waals surface area contributed by atoms with Crippen molar-refractivity contribution < 1.29 is 24.2 Å². The number of hydrogen-bond acceptors (Lipinski definition) is 4. The van der Waals surface area contributed by atoms with Crippen molar-refractivity contribution in [3.63, 3.8) is 0 Å². The average Bonchev–Trinajstić information content (AvgIpc) is 2.17. The number of hydrogen-bond donors (Lipinski definition) is 1. The minimum absolute atomic E-state index is 0.145. The molecule has 5 nitrogen and oxygen atoms in total. The normalized spacial score (nSPS) is 17.1. The van der Waals surface area contributed by atoms with Crippen molar-refractivity contribution in [3.8, 4) is 11.8 Å². The van der Waals surface area contributed by atoms with Crippen LogP contribution in [0.5, 0.6) is 0 Å². The van der Waals surface area contributed by atoms with E-state index >= 15 is 0 Å². The van der Waals surface area contributed by atoms with Gasteiger partial charge >= 0.3 is 11.9 Å². The Morgan fingerprint density at radius 2 is 1.94 bits per heavy atom. The number of rotatable bonds is 4. The molecule has 1 aliphatic rings. The van der Waals surface area contributed by atoms with Crippen LogP contribution < -0.4 is 0 Å². The number of carboxylic acids is 1. The van der Waals surface area contributed by atoms with Gasteiger partial charge in [0, 0.05) is 5.41 Å². The van der Waals surface area contributed by atoms with Crippen molar-refractivity contribution in [2.24, 2.45) is 5.41 Å². The lowest BCUT2D eigenvalue weighted by Crippen LogP contribution is -2.52. The first kappa shape index (κ1) is 14.5. The lowest BCUT2D eigenvalue weighted by molar-refractivity contribution is -0.192. The van der Waals surface area contributed by atoms with Crippen LogP contribution in [0.25, 0.3) is 0 Å². The summed E-state index contributed by atoms with van der Waals surface area (Å²) >= 11 is 0. The van der Waals surface area contributed by atoms with E-state index in [9.17, 15) is 9.59 Å². The number of carbonyl (C=O) groups is 2. The first-order valence-electron chi connectivity index (χ1n) is 5.78. The van der Waals surface area contributed by atoms with Gasteiger partial charge in [0.1, 0.15) is 13.2 Å². The van der Waals surface area contributed by atoms with E-state index in [1.54, 1.807) is 0 Å². The molecule has 1 saturated heterocycles. The number of esters is 1. The highest BCUT2D eigenvalue weighted by molar-refractivity contribution is 5.77. The van der Waals surface area contributed by atoms with Crippen molar-refractivity contribution in [1.82, 2.24) is 0 Å². The van der Waals surface area contributed by atoms with E-state index in [2.05, 4.69) is 11.8 Å². The van der Waals surface area contributed by atoms with Gasteiger partial charge in [-0.1, -0.05) is 5.92 Å². The molecule has 1 fully saturated rings. The summed E-state index contributed by atoms with van der Waals surface area (Å²) < 4.78 is 10.3. The van der Waals surface area contributed by atoms with Gasteiger partial charge in [0.25, 0.3) is 0 Å². The Balaban J connectivity index is 2.57. The predicted octanol–water partition coefficient (Wildman–Crippen LogP) is 1.21. The van der Waals surface area contributed by atoms with Crippen molar-refractivity contribution in [2.75, 3.05) is 13.2 Å². The Hall–Kier alpha value is -1.54. The minimum atomic E-state index is -1.02. The molecule has 0 radical (unpaired) electrons. The second-order valence-electron chi connectivity index (χ2n) is 5.35. The van der Waals surface area contributed by atoms with Crippen molar-refractivity contribution in [2.45, 2.75) is 39.2 Å². The molecule has 1 N–H and O–H groups in total. The maximum absolute atomic E-state index is 11.5. The lowest BCUT2D eigenvalue weighted by Gasteiger charge is -2.36. The molecule has 0 aliphatic carbocycles. The topological polar surface area (TPSA) is 72.8 Å². The first-order chi connectivity index (χ1) is 8.22. The zero-order valence-corrected chi connectivity index (χ0v) is 10.9. The fourth-order valence-electron chi connectivity index (χ4n) is 1.22. The molecular weight excluding hydrogens is 236 g/mol. The summed E-state index contributed by atoms with van der Waals surface area (Å²) in [5.74, 6) is 4.36. The Kier molecular flexibility index (Phi) is 4.36. The van der Waals surface area contributed by atoms with Crippen LogP contribution in [0.15, 0.2) is 0 Å². The van der Waals surface area contributed by atoms with Gasteiger partial charge in [-0.3, -0.25) is 9.59 Å². The number of carboxylic acid groups (broad SMARTS) is 1. The molecule has 1 rings (SSSR count). The molecule has 0 aromatic rings. The minimum Gasteiger partial charge on any atom is -0.481 e. The van der Waals surface area contributed by atoms with Crippen LogP contribution >= 0.6 is 0 Å². The van der Waals surface area contributed by atoms with Gasteiger partial charge in [-0.2, -0.15) is 0 Å². The van der Waals surface area contributed by atoms with Gasteiger partial charge in [-0.15, -0.1) is 0 Å². The first-order valence-corrected chi connectivity index (χ1v) is 5.78. The molecule has 5 heteroatoms. The highest BCUT2D eigenvalue weighted by Gasteiger charge is 2.41. The van der Waals surface area contributed by atoms with Gasteiger partial charge in [0.15, 0.2) is 0 Å². The molecule has 1 heterocycles. The summed E-state index contributed by atoms with van der Waals surface area (Å²) in [5, 5.41) is 8.48. The van der Waals surface area contributed by atoms with E-state index in [-0.39, 0.29) is 31.5 Å². The molecule has 0 bridgehead atoms. The zero-order chi connectivity index (χ0) is 13.8. The lowest BCUT2D eigenvalue weighted by atomic mass is 9.94. The van der Waals surface area contributed by atoms with E-state index in [0.29, 0.717) is 0 Å². The fraction of sp³-hybridized carbons (Fsp3) is 0.692. The van der Waals surface area contributed by atoms with E-state index in [1.165, 1.54) is 0 Å². The van der Waals surface area contributed by atoms with E-state index < -0.39 is 17.5 Å². The summed E-state index contributed by atoms with van der Waals surface area (Å²) in [4.78, 5) is 21.8. The molecule has 0 amide bonds. The maximum atomic E-state index is 11.5. The third kappa shape index (κ3) is 4.76. The van der Waals surface area contributed by atoms with Crippen LogP contribution in [0.4, 0.5) is 0 Å². The van der Waals surface area contributed by atoms with Gasteiger partial charge in [-0.05, 0) is 26.7 Å². The number of carbonyl (C=O) groups excluding carboxylic acids is 1. The summed E-state index contributed by atoms with van der Waals surface area (Å²) in [7, 11) is 0. The number of ether oxygens (including phenoxy) is 2. The van der Waals surface area contributed by atoms with Crippen molar-refractivity contribution in [1.29, 1.82) is 0 Å². The van der Waals surface area contributed by atoms with Crippen LogP contribution in [-0.2, 0) is 19.1 Å². The van der Waals surface area contributed by atoms with Gasteiger partial charge in [-0.25, -0.2) is 0 Å². The van der Waals surface area contributed by atoms with Crippen molar-refractivity contribution >= 4 is 11.9 Å². The Bertz CT molecular complexity index is 390. The van der Waals surface area contributed by atoms with Crippen LogP contribution in [0.1, 0.15) is 33.6 Å². The quantitative estimate of drug-likeness (QED) is 0.603. The van der Waals surface area contributed by atoms with Crippen LogP contribution in [0.3, 0.4) is 0 Å². The highest BCUT2D eigenvalue weighted by Crippen LogP contribution is 2.23. The second-order valence-corrected chi connectivity index (χ2v) is 5.35. The predicted molar refractivity (Wildman–Crippen MR) is 63.7 cm³/mol. The van der Waals surface area contributed by atoms with Crippen molar-refractivity contribution in [3.05, 3.63) is 0 Å². The molecule has 1 aliphatic heterocycles. The van der Waals surface area contributed by atoms with Gasteiger partial charge in [0.2, 0.25) is 5.60 Å². The van der Waals surface area contributed by atoms with E-state index in [4.69, 9.17) is 14.6 Å². The van der Waals surface area contributed by atoms with Crippen LogP contribution in [0.2, 0.25) is 0 Å². The summed E-state index contributed by atoms with van der Waals surface area (Å²) in [6, 6.07) is 0. The molecule has 0 aromatic heterocycles. The second kappa shape index (κ2) is 5.40. The molecule has 18 heavy (non-hydrogen) atoms. The smallest absolute Gasteiger partial charge is 0.308 e. The summed E-state index contributed by atoms with van der Waals surface area (Å²) in [6.07, 6.45) is -0.378. The third-order valence-corrected chi connectivity index (χ3v) is 2.19. The number of aliphatic carboxylic acids is 1. The standard InChI is InChI=1S/C13H18O5/c1-12(2,3)6-7-13(8-17-9-13)18-11(16)5-4-10(14)15/h4-5,8-9H2,1-3H3,(H,14,15). The molecule has 0 aromatic carbocycles. The molecule has 0 saturated carbocycles. The molecule has 0 unspecified atom stereocenters. The monoisotopic (exact) mass is 254 g/mol. The summed E-state index contributed by atoms with van der Waals surface area (Å²) in [5.41, 5.74) is -1.07. The average molecular weight is 254 g/mol. The van der Waals surface area contributed by atoms with Gasteiger partial charge < -0.3 is 14.6 Å². The fourth-order valence-corrected chi connectivity index (χ4v) is 1.22. The molecule has 0 spiro atoms. The van der Waals surface area contributed by atoms with Crippen LogP contribution in [-0.4, -0.2) is 35.9 Å². The SMILES string of the molecule is CC(C)(C)C#CC1(OC(=O)CCC(=O)O)COC1. The highest BCUT2D eigenvalue weighted by atomic mass is 16.6. The Labute approximate surface area is 106 Å². The summed E-state index contributed by atoms with van der Waals surface area (Å²) in [6.45, 7) is 6.36. The van der Waals surface area contributed by atoms with E-state index in [1.807, 2.05) is 20.8 Å². The van der Waals surface area contributed by atoms with Crippen LogP contribution in [0, 0.1) is 17.3 Å².